The van der Waals surface area contributed by atoms with Gasteiger partial charge in [-0.3, -0.25) is 4.40 Å². The fourth-order valence-electron chi connectivity index (χ4n) is 8.17. The van der Waals surface area contributed by atoms with Crippen LogP contribution < -0.4 is 0 Å². The summed E-state index contributed by atoms with van der Waals surface area (Å²) in [5, 5.41) is 2.13. The highest BCUT2D eigenvalue weighted by Gasteiger charge is 2.22. The number of rotatable bonds is 7. The van der Waals surface area contributed by atoms with E-state index < -0.39 is 0 Å². The van der Waals surface area contributed by atoms with Crippen LogP contribution in [0.5, 0.6) is 0 Å². The zero-order valence-electron chi connectivity index (χ0n) is 31.9. The molecule has 0 aliphatic carbocycles. The predicted molar refractivity (Wildman–Crippen MR) is 242 cm³/mol. The minimum absolute atomic E-state index is 0.670. The van der Waals surface area contributed by atoms with E-state index in [0.717, 1.165) is 100 Å². The summed E-state index contributed by atoms with van der Waals surface area (Å²) in [4.78, 5) is 21.1. The Morgan fingerprint density at radius 3 is 1.41 bits per heavy atom. The highest BCUT2D eigenvalue weighted by atomic mass is 15.1. The van der Waals surface area contributed by atoms with Crippen molar-refractivity contribution in [3.8, 4) is 78.5 Å². The van der Waals surface area contributed by atoms with Gasteiger partial charge in [-0.25, -0.2) is 19.9 Å². The molecule has 0 aliphatic rings. The molecule has 276 valence electrons. The molecule has 4 aromatic heterocycles. The second-order valence-corrected chi connectivity index (χ2v) is 14.7. The van der Waals surface area contributed by atoms with Crippen molar-refractivity contribution >= 4 is 27.6 Å². The number of benzene rings is 7. The second kappa shape index (κ2) is 14.5. The molecule has 0 bridgehead atoms. The second-order valence-electron chi connectivity index (χ2n) is 14.7. The Hall–Kier alpha value is -8.02. The normalized spacial score (nSPS) is 11.4. The highest BCUT2D eigenvalue weighted by molar-refractivity contribution is 6.09. The van der Waals surface area contributed by atoms with Crippen LogP contribution >= 0.6 is 0 Å². The van der Waals surface area contributed by atoms with E-state index in [1.807, 2.05) is 42.6 Å². The quantitative estimate of drug-likeness (QED) is 0.163. The summed E-state index contributed by atoms with van der Waals surface area (Å²) in [6.07, 6.45) is 2.03. The standard InChI is InChI=1S/C54H35N5/c1-4-16-36(17-5-1)41-22-14-24-43(34-41)50-48(51(57-53(56-50)40-20-8-3-9-21-40)44-25-15-23-42(35-44)37-18-6-2-7-19-37)38-29-31-39(32-30-38)49-45-26-10-11-27-46(45)52-54(58-49)59-33-13-12-28-47(59)55-52/h1-35H. The molecule has 0 radical (unpaired) electrons. The van der Waals surface area contributed by atoms with Crippen LogP contribution in [0.4, 0.5) is 0 Å². The van der Waals surface area contributed by atoms with Crippen molar-refractivity contribution in [2.24, 2.45) is 0 Å². The Bertz CT molecular complexity index is 3200. The number of nitrogens with zero attached hydrogens (tertiary/aromatic N) is 5. The Morgan fingerprint density at radius 1 is 0.305 bits per heavy atom. The third-order valence-electron chi connectivity index (χ3n) is 11.0. The van der Waals surface area contributed by atoms with Gasteiger partial charge in [0.25, 0.3) is 0 Å². The minimum Gasteiger partial charge on any atom is -0.284 e. The Morgan fingerprint density at radius 2 is 0.797 bits per heavy atom. The first-order valence-corrected chi connectivity index (χ1v) is 19.8. The maximum atomic E-state index is 5.44. The highest BCUT2D eigenvalue weighted by Crippen LogP contribution is 2.42. The molecule has 7 aromatic carbocycles. The van der Waals surface area contributed by atoms with Crippen molar-refractivity contribution in [2.75, 3.05) is 0 Å². The zero-order chi connectivity index (χ0) is 39.1. The van der Waals surface area contributed by atoms with Gasteiger partial charge in [0.1, 0.15) is 11.2 Å². The molecule has 0 saturated heterocycles. The average Bonchev–Trinajstić information content (AvgIpc) is 3.71. The van der Waals surface area contributed by atoms with Gasteiger partial charge in [-0.2, -0.15) is 0 Å². The number of hydrogen-bond acceptors (Lipinski definition) is 4. The van der Waals surface area contributed by atoms with Crippen LogP contribution in [0.3, 0.4) is 0 Å². The van der Waals surface area contributed by atoms with Gasteiger partial charge in [0.2, 0.25) is 0 Å². The van der Waals surface area contributed by atoms with Crippen LogP contribution in [0.25, 0.3) is 106 Å². The van der Waals surface area contributed by atoms with Gasteiger partial charge in [0.15, 0.2) is 11.5 Å². The molecular weight excluding hydrogens is 719 g/mol. The number of fused-ring (bicyclic) bond motifs is 5. The van der Waals surface area contributed by atoms with E-state index in [-0.39, 0.29) is 0 Å². The monoisotopic (exact) mass is 753 g/mol. The molecule has 11 rings (SSSR count). The molecule has 59 heavy (non-hydrogen) atoms. The zero-order valence-corrected chi connectivity index (χ0v) is 31.9. The maximum Gasteiger partial charge on any atom is 0.165 e. The summed E-state index contributed by atoms with van der Waals surface area (Å²) in [5.41, 5.74) is 15.7. The molecular formula is C54H35N5. The van der Waals surface area contributed by atoms with Crippen LogP contribution in [0, 0.1) is 0 Å². The van der Waals surface area contributed by atoms with Crippen molar-refractivity contribution in [1.29, 1.82) is 0 Å². The number of imidazole rings is 1. The Balaban J connectivity index is 1.15. The SMILES string of the molecule is c1ccc(-c2cccc(-c3nc(-c4ccccc4)nc(-c4cccc(-c5ccccc5)c4)c3-c3ccc(-c4nc5c(nc6ccccn65)c5ccccc45)cc3)c2)cc1. The lowest BCUT2D eigenvalue weighted by atomic mass is 9.91. The first-order valence-electron chi connectivity index (χ1n) is 19.8. The molecule has 4 heterocycles. The van der Waals surface area contributed by atoms with Crippen molar-refractivity contribution in [2.45, 2.75) is 0 Å². The molecule has 5 heteroatoms. The average molecular weight is 754 g/mol. The first kappa shape index (κ1) is 34.2. The molecule has 0 spiro atoms. The van der Waals surface area contributed by atoms with E-state index in [2.05, 4.69) is 174 Å². The van der Waals surface area contributed by atoms with E-state index in [1.54, 1.807) is 0 Å². The summed E-state index contributed by atoms with van der Waals surface area (Å²) in [5.74, 6) is 0.670. The van der Waals surface area contributed by atoms with Gasteiger partial charge in [-0.05, 0) is 52.1 Å². The van der Waals surface area contributed by atoms with Crippen molar-refractivity contribution in [1.82, 2.24) is 24.3 Å². The van der Waals surface area contributed by atoms with Gasteiger partial charge in [-0.15, -0.1) is 0 Å². The lowest BCUT2D eigenvalue weighted by Gasteiger charge is -2.18. The van der Waals surface area contributed by atoms with E-state index >= 15 is 0 Å². The maximum absolute atomic E-state index is 5.44. The van der Waals surface area contributed by atoms with E-state index in [9.17, 15) is 0 Å². The number of pyridine rings is 2. The predicted octanol–water partition coefficient (Wildman–Crippen LogP) is 13.5. The fourth-order valence-corrected chi connectivity index (χ4v) is 8.17. The lowest BCUT2D eigenvalue weighted by Crippen LogP contribution is -2.01. The third-order valence-corrected chi connectivity index (χ3v) is 11.0. The summed E-state index contributed by atoms with van der Waals surface area (Å²) in [6, 6.07) is 71.9. The van der Waals surface area contributed by atoms with Crippen molar-refractivity contribution in [3.63, 3.8) is 0 Å². The molecule has 0 saturated carbocycles. The van der Waals surface area contributed by atoms with E-state index in [0.29, 0.717) is 5.82 Å². The Labute approximate surface area is 341 Å². The molecule has 0 aliphatic heterocycles. The van der Waals surface area contributed by atoms with Crippen molar-refractivity contribution in [3.05, 3.63) is 212 Å². The summed E-state index contributed by atoms with van der Waals surface area (Å²) < 4.78 is 2.07. The summed E-state index contributed by atoms with van der Waals surface area (Å²) in [7, 11) is 0. The molecule has 0 fully saturated rings. The molecule has 5 nitrogen and oxygen atoms in total. The smallest absolute Gasteiger partial charge is 0.165 e. The lowest BCUT2D eigenvalue weighted by molar-refractivity contribution is 1.18. The topological polar surface area (TPSA) is 56.0 Å². The number of aromatic nitrogens is 5. The van der Waals surface area contributed by atoms with Crippen molar-refractivity contribution < 1.29 is 0 Å². The van der Waals surface area contributed by atoms with Gasteiger partial charge in [0, 0.05) is 44.8 Å². The molecule has 0 amide bonds. The van der Waals surface area contributed by atoms with Gasteiger partial charge >= 0.3 is 0 Å². The van der Waals surface area contributed by atoms with Gasteiger partial charge in [-0.1, -0.05) is 182 Å². The fraction of sp³-hybridized carbons (Fsp3) is 0. The first-order chi connectivity index (χ1) is 29.2. The molecule has 0 atom stereocenters. The van der Waals surface area contributed by atoms with Crippen LogP contribution in [0.1, 0.15) is 0 Å². The van der Waals surface area contributed by atoms with Gasteiger partial charge in [0.05, 0.1) is 17.1 Å². The summed E-state index contributed by atoms with van der Waals surface area (Å²) >= 11 is 0. The molecule has 0 N–H and O–H groups in total. The molecule has 11 aromatic rings. The van der Waals surface area contributed by atoms with Crippen LogP contribution in [0.2, 0.25) is 0 Å². The van der Waals surface area contributed by atoms with Crippen LogP contribution in [-0.2, 0) is 0 Å². The van der Waals surface area contributed by atoms with Crippen LogP contribution in [-0.4, -0.2) is 24.3 Å². The largest absolute Gasteiger partial charge is 0.284 e. The summed E-state index contributed by atoms with van der Waals surface area (Å²) in [6.45, 7) is 0. The minimum atomic E-state index is 0.670. The number of hydrogen-bond donors (Lipinski definition) is 0. The molecule has 0 unspecified atom stereocenters. The van der Waals surface area contributed by atoms with E-state index in [1.165, 1.54) is 0 Å². The third kappa shape index (κ3) is 6.22. The van der Waals surface area contributed by atoms with E-state index in [4.69, 9.17) is 19.9 Å². The Kier molecular flexibility index (Phi) is 8.41. The van der Waals surface area contributed by atoms with Crippen LogP contribution in [0.15, 0.2) is 212 Å². The van der Waals surface area contributed by atoms with Gasteiger partial charge < -0.3 is 0 Å².